The molecule has 0 aromatic carbocycles. The molecule has 0 aliphatic carbocycles. The fourth-order valence-electron chi connectivity index (χ4n) is 1.90. The molecule has 2 atom stereocenters. The van der Waals surface area contributed by atoms with Gasteiger partial charge in [-0.25, -0.2) is 4.98 Å². The number of ether oxygens (including phenoxy) is 1. The summed E-state index contributed by atoms with van der Waals surface area (Å²) in [5.74, 6) is 0.638. The molecular weight excluding hydrogens is 222 g/mol. The van der Waals surface area contributed by atoms with Crippen LogP contribution in [0.1, 0.15) is 19.8 Å². The number of anilines is 1. The second kappa shape index (κ2) is 5.09. The van der Waals surface area contributed by atoms with E-state index in [4.69, 9.17) is 4.74 Å². The van der Waals surface area contributed by atoms with Gasteiger partial charge in [-0.05, 0) is 25.8 Å². The van der Waals surface area contributed by atoms with Gasteiger partial charge in [0.25, 0.3) is 5.69 Å². The molecule has 0 spiro atoms. The molecule has 1 N–H and O–H groups in total. The van der Waals surface area contributed by atoms with E-state index in [1.807, 2.05) is 6.92 Å². The highest BCUT2D eigenvalue weighted by Crippen LogP contribution is 2.19. The van der Waals surface area contributed by atoms with E-state index in [0.29, 0.717) is 5.82 Å². The summed E-state index contributed by atoms with van der Waals surface area (Å²) in [5.41, 5.74) is 0.000296. The van der Waals surface area contributed by atoms with Crippen LogP contribution in [-0.2, 0) is 4.74 Å². The molecule has 0 unspecified atom stereocenters. The number of nitro groups is 1. The Morgan fingerprint density at radius 1 is 1.65 bits per heavy atom. The third-order valence-corrected chi connectivity index (χ3v) is 2.86. The van der Waals surface area contributed by atoms with Crippen molar-refractivity contribution in [3.05, 3.63) is 28.4 Å². The van der Waals surface area contributed by atoms with E-state index in [2.05, 4.69) is 10.3 Å². The van der Waals surface area contributed by atoms with E-state index < -0.39 is 4.92 Å². The third-order valence-electron chi connectivity index (χ3n) is 2.86. The Kier molecular flexibility index (Phi) is 3.53. The maximum atomic E-state index is 10.5. The summed E-state index contributed by atoms with van der Waals surface area (Å²) in [6.45, 7) is 2.84. The van der Waals surface area contributed by atoms with Crippen molar-refractivity contribution in [1.82, 2.24) is 4.98 Å². The summed E-state index contributed by atoms with van der Waals surface area (Å²) < 4.78 is 5.55. The normalized spacial score (nSPS) is 21.1. The quantitative estimate of drug-likeness (QED) is 0.639. The first-order chi connectivity index (χ1) is 8.16. The summed E-state index contributed by atoms with van der Waals surface area (Å²) in [6, 6.07) is 3.22. The number of hydrogen-bond donors (Lipinski definition) is 1. The number of aromatic nitrogens is 1. The van der Waals surface area contributed by atoms with E-state index in [1.54, 1.807) is 6.07 Å². The van der Waals surface area contributed by atoms with Gasteiger partial charge in [0.05, 0.1) is 17.1 Å². The first-order valence-electron chi connectivity index (χ1n) is 5.65. The lowest BCUT2D eigenvalue weighted by Gasteiger charge is -2.20. The average Bonchev–Trinajstić information content (AvgIpc) is 2.83. The molecule has 2 heterocycles. The van der Waals surface area contributed by atoms with Crippen molar-refractivity contribution < 1.29 is 9.66 Å². The predicted molar refractivity (Wildman–Crippen MR) is 63.0 cm³/mol. The SMILES string of the molecule is C[C@@H](Nc1ccc([N+](=O)[O-])cn1)[C@@H]1CCCO1. The monoisotopic (exact) mass is 237 g/mol. The van der Waals surface area contributed by atoms with Gasteiger partial charge in [0.1, 0.15) is 12.0 Å². The lowest BCUT2D eigenvalue weighted by molar-refractivity contribution is -0.385. The van der Waals surface area contributed by atoms with Crippen molar-refractivity contribution in [3.63, 3.8) is 0 Å². The highest BCUT2D eigenvalue weighted by Gasteiger charge is 2.22. The summed E-state index contributed by atoms with van der Waals surface area (Å²) >= 11 is 0. The van der Waals surface area contributed by atoms with Gasteiger partial charge in [0.15, 0.2) is 0 Å². The molecule has 92 valence electrons. The number of rotatable bonds is 4. The zero-order valence-electron chi connectivity index (χ0n) is 9.63. The topological polar surface area (TPSA) is 77.3 Å². The molecule has 0 bridgehead atoms. The van der Waals surface area contributed by atoms with Gasteiger partial charge >= 0.3 is 0 Å². The standard InChI is InChI=1S/C11H15N3O3/c1-8(10-3-2-6-17-10)13-11-5-4-9(7-12-11)14(15)16/h4-5,7-8,10H,2-3,6H2,1H3,(H,12,13)/t8-,10+/m1/s1. The number of nitrogens with one attached hydrogen (secondary N) is 1. The maximum Gasteiger partial charge on any atom is 0.287 e. The Hall–Kier alpha value is -1.69. The molecule has 0 saturated carbocycles. The molecule has 1 aliphatic rings. The molecule has 0 radical (unpaired) electrons. The highest BCUT2D eigenvalue weighted by atomic mass is 16.6. The van der Waals surface area contributed by atoms with Crippen LogP contribution >= 0.6 is 0 Å². The first kappa shape index (κ1) is 11.8. The van der Waals surface area contributed by atoms with Gasteiger partial charge < -0.3 is 10.1 Å². The van der Waals surface area contributed by atoms with Crippen LogP contribution < -0.4 is 5.32 Å². The van der Waals surface area contributed by atoms with Crippen LogP contribution in [0.3, 0.4) is 0 Å². The van der Waals surface area contributed by atoms with Gasteiger partial charge in [-0.2, -0.15) is 0 Å². The Morgan fingerprint density at radius 2 is 2.47 bits per heavy atom. The van der Waals surface area contributed by atoms with E-state index >= 15 is 0 Å². The molecule has 1 aromatic heterocycles. The zero-order valence-corrected chi connectivity index (χ0v) is 9.63. The van der Waals surface area contributed by atoms with Crippen LogP contribution in [0.5, 0.6) is 0 Å². The predicted octanol–water partition coefficient (Wildman–Crippen LogP) is 1.97. The van der Waals surface area contributed by atoms with Gasteiger partial charge in [-0.3, -0.25) is 10.1 Å². The molecule has 0 amide bonds. The van der Waals surface area contributed by atoms with Crippen molar-refractivity contribution in [2.75, 3.05) is 11.9 Å². The van der Waals surface area contributed by atoms with E-state index in [1.165, 1.54) is 12.3 Å². The van der Waals surface area contributed by atoms with E-state index in [-0.39, 0.29) is 17.8 Å². The molecule has 1 saturated heterocycles. The summed E-state index contributed by atoms with van der Waals surface area (Å²) in [4.78, 5) is 14.0. The minimum absolute atomic E-state index is 0.000296. The molecule has 1 aliphatic heterocycles. The van der Waals surface area contributed by atoms with Crippen molar-refractivity contribution in [3.8, 4) is 0 Å². The second-order valence-electron chi connectivity index (χ2n) is 4.14. The van der Waals surface area contributed by atoms with Crippen LogP contribution in [-0.4, -0.2) is 28.7 Å². The van der Waals surface area contributed by atoms with Crippen molar-refractivity contribution >= 4 is 11.5 Å². The molecule has 1 fully saturated rings. The van der Waals surface area contributed by atoms with E-state index in [0.717, 1.165) is 19.4 Å². The maximum absolute atomic E-state index is 10.5. The van der Waals surface area contributed by atoms with Crippen molar-refractivity contribution in [2.45, 2.75) is 31.9 Å². The van der Waals surface area contributed by atoms with Crippen LogP contribution in [0.15, 0.2) is 18.3 Å². The molecule has 17 heavy (non-hydrogen) atoms. The molecular formula is C11H15N3O3. The molecule has 6 nitrogen and oxygen atoms in total. The van der Waals surface area contributed by atoms with Crippen LogP contribution in [0.4, 0.5) is 11.5 Å². The Bertz CT molecular complexity index is 387. The number of nitrogens with zero attached hydrogens (tertiary/aromatic N) is 2. The Balaban J connectivity index is 1.96. The summed E-state index contributed by atoms with van der Waals surface area (Å²) in [6.07, 6.45) is 3.59. The summed E-state index contributed by atoms with van der Waals surface area (Å²) in [7, 11) is 0. The van der Waals surface area contributed by atoms with Gasteiger partial charge in [0, 0.05) is 12.7 Å². The fourth-order valence-corrected chi connectivity index (χ4v) is 1.90. The van der Waals surface area contributed by atoms with Crippen LogP contribution in [0.25, 0.3) is 0 Å². The van der Waals surface area contributed by atoms with E-state index in [9.17, 15) is 10.1 Å². The average molecular weight is 237 g/mol. The zero-order chi connectivity index (χ0) is 12.3. The second-order valence-corrected chi connectivity index (χ2v) is 4.14. The fraction of sp³-hybridized carbons (Fsp3) is 0.545. The Labute approximate surface area is 99.2 Å². The molecule has 2 rings (SSSR count). The molecule has 6 heteroatoms. The number of pyridine rings is 1. The van der Waals surface area contributed by atoms with Crippen molar-refractivity contribution in [1.29, 1.82) is 0 Å². The van der Waals surface area contributed by atoms with Gasteiger partial charge in [0.2, 0.25) is 0 Å². The lowest BCUT2D eigenvalue weighted by Crippen LogP contribution is -2.30. The first-order valence-corrected chi connectivity index (χ1v) is 5.65. The van der Waals surface area contributed by atoms with Gasteiger partial charge in [-0.15, -0.1) is 0 Å². The number of hydrogen-bond acceptors (Lipinski definition) is 5. The summed E-state index contributed by atoms with van der Waals surface area (Å²) in [5, 5.41) is 13.7. The largest absolute Gasteiger partial charge is 0.376 e. The third kappa shape index (κ3) is 2.91. The van der Waals surface area contributed by atoms with Crippen LogP contribution in [0, 0.1) is 10.1 Å². The van der Waals surface area contributed by atoms with Crippen LogP contribution in [0.2, 0.25) is 0 Å². The highest BCUT2D eigenvalue weighted by molar-refractivity contribution is 5.40. The smallest absolute Gasteiger partial charge is 0.287 e. The minimum atomic E-state index is -0.458. The minimum Gasteiger partial charge on any atom is -0.376 e. The van der Waals surface area contributed by atoms with Crippen molar-refractivity contribution in [2.24, 2.45) is 0 Å². The lowest BCUT2D eigenvalue weighted by atomic mass is 10.1. The molecule has 1 aromatic rings. The Morgan fingerprint density at radius 3 is 3.00 bits per heavy atom. The van der Waals surface area contributed by atoms with Gasteiger partial charge in [-0.1, -0.05) is 0 Å².